The van der Waals surface area contributed by atoms with Crippen molar-refractivity contribution in [2.75, 3.05) is 6.16 Å². The molecule has 0 aliphatic heterocycles. The van der Waals surface area contributed by atoms with Gasteiger partial charge in [-0.3, -0.25) is 9.36 Å². The summed E-state index contributed by atoms with van der Waals surface area (Å²) in [4.78, 5) is 27.8. The number of allylic oxidation sites excluding steroid dienone is 1. The second-order valence-corrected chi connectivity index (χ2v) is 4.54. The zero-order valence-electron chi connectivity index (χ0n) is 7.48. The van der Waals surface area contributed by atoms with Crippen molar-refractivity contribution in [2.45, 2.75) is 25.7 Å². The maximum absolute atomic E-state index is 10.9. The lowest BCUT2D eigenvalue weighted by molar-refractivity contribution is -0.117. The summed E-state index contributed by atoms with van der Waals surface area (Å²) in [5, 5.41) is 0. The third-order valence-electron chi connectivity index (χ3n) is 1.50. The van der Waals surface area contributed by atoms with Crippen molar-refractivity contribution in [3.8, 4) is 0 Å². The molecule has 5 heteroatoms. The Morgan fingerprint density at radius 1 is 1.38 bits per heavy atom. The Morgan fingerprint density at radius 2 is 2.00 bits per heavy atom. The molecule has 0 atom stereocenters. The molecule has 0 bridgehead atoms. The van der Waals surface area contributed by atoms with Crippen LogP contribution in [0.5, 0.6) is 0 Å². The summed E-state index contributed by atoms with van der Waals surface area (Å²) in [6, 6.07) is 0. The van der Waals surface area contributed by atoms with Crippen molar-refractivity contribution >= 4 is 13.4 Å². The summed E-state index contributed by atoms with van der Waals surface area (Å²) in [6.07, 6.45) is 3.73. The molecule has 76 valence electrons. The standard InChI is InChI=1S/C8H15O4P/c1-2-3-4-5-6-8(9)7-13(10,11)12/h2H,1,3-7H2,(H2,10,11,12). The van der Waals surface area contributed by atoms with E-state index in [1.807, 2.05) is 0 Å². The zero-order valence-corrected chi connectivity index (χ0v) is 8.37. The molecule has 2 N–H and O–H groups in total. The second-order valence-electron chi connectivity index (χ2n) is 2.90. The van der Waals surface area contributed by atoms with E-state index in [1.165, 1.54) is 0 Å². The molecule has 0 fully saturated rings. The summed E-state index contributed by atoms with van der Waals surface area (Å²) in [7, 11) is -4.15. The maximum atomic E-state index is 10.9. The van der Waals surface area contributed by atoms with E-state index in [4.69, 9.17) is 9.79 Å². The summed E-state index contributed by atoms with van der Waals surface area (Å²) >= 11 is 0. The van der Waals surface area contributed by atoms with Crippen molar-refractivity contribution < 1.29 is 19.1 Å². The number of rotatable bonds is 7. The van der Waals surface area contributed by atoms with Crippen LogP contribution < -0.4 is 0 Å². The van der Waals surface area contributed by atoms with Gasteiger partial charge in [0.25, 0.3) is 0 Å². The Hall–Kier alpha value is -0.440. The topological polar surface area (TPSA) is 74.6 Å². The first-order valence-corrected chi connectivity index (χ1v) is 5.92. The van der Waals surface area contributed by atoms with Gasteiger partial charge in [-0.05, 0) is 19.3 Å². The van der Waals surface area contributed by atoms with Crippen molar-refractivity contribution in [3.63, 3.8) is 0 Å². The van der Waals surface area contributed by atoms with Crippen LogP contribution in [0.4, 0.5) is 0 Å². The van der Waals surface area contributed by atoms with E-state index in [-0.39, 0.29) is 12.2 Å². The van der Waals surface area contributed by atoms with Crippen LogP contribution in [0.1, 0.15) is 25.7 Å². The lowest BCUT2D eigenvalue weighted by Gasteiger charge is -2.01. The molecule has 0 unspecified atom stereocenters. The van der Waals surface area contributed by atoms with Gasteiger partial charge < -0.3 is 9.79 Å². The van der Waals surface area contributed by atoms with Gasteiger partial charge in [0.2, 0.25) is 0 Å². The monoisotopic (exact) mass is 206 g/mol. The van der Waals surface area contributed by atoms with Gasteiger partial charge in [-0.1, -0.05) is 6.08 Å². The van der Waals surface area contributed by atoms with Crippen LogP contribution in [0.3, 0.4) is 0 Å². The van der Waals surface area contributed by atoms with Gasteiger partial charge in [0, 0.05) is 6.42 Å². The molecule has 13 heavy (non-hydrogen) atoms. The second kappa shape index (κ2) is 6.08. The van der Waals surface area contributed by atoms with Crippen LogP contribution in [0.15, 0.2) is 12.7 Å². The van der Waals surface area contributed by atoms with Crippen LogP contribution in [-0.4, -0.2) is 21.7 Å². The van der Waals surface area contributed by atoms with Crippen molar-refractivity contribution in [1.29, 1.82) is 0 Å². The SMILES string of the molecule is C=CCCCCC(=O)CP(=O)(O)O. The predicted octanol–water partition coefficient (Wildman–Crippen LogP) is 1.48. The highest BCUT2D eigenvalue weighted by Gasteiger charge is 2.17. The van der Waals surface area contributed by atoms with Crippen LogP contribution in [0, 0.1) is 0 Å². The zero-order chi connectivity index (χ0) is 10.3. The van der Waals surface area contributed by atoms with Gasteiger partial charge in [-0.2, -0.15) is 0 Å². The molecule has 0 saturated heterocycles. The first-order chi connectivity index (χ1) is 5.95. The van der Waals surface area contributed by atoms with Gasteiger partial charge in [0.15, 0.2) is 0 Å². The minimum Gasteiger partial charge on any atom is -0.324 e. The fraction of sp³-hybridized carbons (Fsp3) is 0.625. The van der Waals surface area contributed by atoms with E-state index < -0.39 is 13.8 Å². The molecular formula is C8H15O4P. The molecular weight excluding hydrogens is 191 g/mol. The average molecular weight is 206 g/mol. The fourth-order valence-electron chi connectivity index (χ4n) is 0.920. The highest BCUT2D eigenvalue weighted by molar-refractivity contribution is 7.52. The van der Waals surface area contributed by atoms with Crippen LogP contribution >= 0.6 is 7.60 Å². The van der Waals surface area contributed by atoms with E-state index in [0.29, 0.717) is 6.42 Å². The molecule has 0 amide bonds. The first kappa shape index (κ1) is 12.6. The van der Waals surface area contributed by atoms with Crippen molar-refractivity contribution in [2.24, 2.45) is 0 Å². The lowest BCUT2D eigenvalue weighted by Crippen LogP contribution is -2.04. The van der Waals surface area contributed by atoms with Crippen LogP contribution in [0.25, 0.3) is 0 Å². The van der Waals surface area contributed by atoms with E-state index >= 15 is 0 Å². The molecule has 0 aromatic heterocycles. The lowest BCUT2D eigenvalue weighted by atomic mass is 10.1. The Morgan fingerprint density at radius 3 is 2.46 bits per heavy atom. The highest BCUT2D eigenvalue weighted by atomic mass is 31.2. The summed E-state index contributed by atoms with van der Waals surface area (Å²) < 4.78 is 10.4. The van der Waals surface area contributed by atoms with Crippen molar-refractivity contribution in [1.82, 2.24) is 0 Å². The Kier molecular flexibility index (Phi) is 5.88. The third-order valence-corrected chi connectivity index (χ3v) is 2.26. The number of hydrogen-bond donors (Lipinski definition) is 2. The molecule has 0 heterocycles. The number of hydrogen-bond acceptors (Lipinski definition) is 2. The summed E-state index contributed by atoms with van der Waals surface area (Å²) in [5.41, 5.74) is 0. The Labute approximate surface area is 77.8 Å². The minimum absolute atomic E-state index is 0.249. The predicted molar refractivity (Wildman–Crippen MR) is 50.6 cm³/mol. The molecule has 0 radical (unpaired) electrons. The fourth-order valence-corrected chi connectivity index (χ4v) is 1.54. The van der Waals surface area contributed by atoms with Gasteiger partial charge in [0.05, 0.1) is 0 Å². The van der Waals surface area contributed by atoms with E-state index in [9.17, 15) is 9.36 Å². The quantitative estimate of drug-likeness (QED) is 0.376. The number of unbranched alkanes of at least 4 members (excludes halogenated alkanes) is 2. The van der Waals surface area contributed by atoms with Gasteiger partial charge >= 0.3 is 7.60 Å². The molecule has 0 aliphatic carbocycles. The summed E-state index contributed by atoms with van der Waals surface area (Å²) in [6.45, 7) is 3.53. The molecule has 0 rings (SSSR count). The molecule has 4 nitrogen and oxygen atoms in total. The molecule has 0 aromatic carbocycles. The Bertz CT molecular complexity index is 218. The smallest absolute Gasteiger partial charge is 0.324 e. The molecule has 0 saturated carbocycles. The average Bonchev–Trinajstić information content (AvgIpc) is 1.94. The highest BCUT2D eigenvalue weighted by Crippen LogP contribution is 2.34. The molecule has 0 aromatic rings. The molecule has 0 spiro atoms. The van der Waals surface area contributed by atoms with Gasteiger partial charge in [-0.25, -0.2) is 0 Å². The number of carbonyl (C=O) groups excluding carboxylic acids is 1. The maximum Gasteiger partial charge on any atom is 0.332 e. The number of ketones is 1. The Balaban J connectivity index is 3.52. The van der Waals surface area contributed by atoms with E-state index in [2.05, 4.69) is 6.58 Å². The van der Waals surface area contributed by atoms with Crippen LogP contribution in [-0.2, 0) is 9.36 Å². The van der Waals surface area contributed by atoms with Gasteiger partial charge in [-0.15, -0.1) is 6.58 Å². The minimum atomic E-state index is -4.15. The summed E-state index contributed by atoms with van der Waals surface area (Å²) in [5.74, 6) is -0.364. The first-order valence-electron chi connectivity index (χ1n) is 4.13. The molecule has 0 aliphatic rings. The van der Waals surface area contributed by atoms with E-state index in [0.717, 1.165) is 12.8 Å². The third kappa shape index (κ3) is 9.47. The normalized spacial score (nSPS) is 11.2. The largest absolute Gasteiger partial charge is 0.332 e. The number of Topliss-reactive ketones (excluding diaryl/α,β-unsaturated/α-hetero) is 1. The van der Waals surface area contributed by atoms with Gasteiger partial charge in [0.1, 0.15) is 11.9 Å². The van der Waals surface area contributed by atoms with Crippen LogP contribution in [0.2, 0.25) is 0 Å². The number of carbonyl (C=O) groups is 1. The van der Waals surface area contributed by atoms with E-state index in [1.54, 1.807) is 6.08 Å². The van der Waals surface area contributed by atoms with Crippen molar-refractivity contribution in [3.05, 3.63) is 12.7 Å².